The monoisotopic (exact) mass is 416 g/mol. The SMILES string of the molecule is Cc1cc(C(=O)N2CCC3(CCNC3)CC2)c(C)n1-c1nccs1.Cl.Cl. The molecule has 0 aromatic carbocycles. The number of hydrogen-bond donors (Lipinski definition) is 1. The highest BCUT2D eigenvalue weighted by molar-refractivity contribution is 7.12. The van der Waals surface area contributed by atoms with Crippen LogP contribution in [0.4, 0.5) is 0 Å². The van der Waals surface area contributed by atoms with E-state index < -0.39 is 0 Å². The van der Waals surface area contributed by atoms with Gasteiger partial charge in [-0.05, 0) is 51.1 Å². The maximum absolute atomic E-state index is 13.0. The van der Waals surface area contributed by atoms with E-state index in [0.717, 1.165) is 61.1 Å². The predicted molar refractivity (Wildman–Crippen MR) is 110 cm³/mol. The molecule has 0 aliphatic carbocycles. The number of carbonyl (C=O) groups is 1. The number of amides is 1. The van der Waals surface area contributed by atoms with E-state index in [9.17, 15) is 4.79 Å². The van der Waals surface area contributed by atoms with Gasteiger partial charge >= 0.3 is 0 Å². The summed E-state index contributed by atoms with van der Waals surface area (Å²) in [7, 11) is 0. The lowest BCUT2D eigenvalue weighted by atomic mass is 9.78. The number of piperidine rings is 1. The van der Waals surface area contributed by atoms with Crippen LogP contribution in [0.25, 0.3) is 5.13 Å². The molecule has 2 saturated heterocycles. The first-order valence-electron chi connectivity index (χ1n) is 8.68. The first-order chi connectivity index (χ1) is 11.6. The Kier molecular flexibility index (Phi) is 6.77. The molecule has 0 bridgehead atoms. The number of carbonyl (C=O) groups excluding carboxylic acids is 1. The van der Waals surface area contributed by atoms with Gasteiger partial charge in [-0.3, -0.25) is 9.36 Å². The molecule has 8 heteroatoms. The van der Waals surface area contributed by atoms with Crippen molar-refractivity contribution in [1.82, 2.24) is 19.8 Å². The van der Waals surface area contributed by atoms with E-state index in [1.54, 1.807) is 17.5 Å². The zero-order valence-electron chi connectivity index (χ0n) is 15.2. The van der Waals surface area contributed by atoms with Gasteiger partial charge in [0.1, 0.15) is 0 Å². The van der Waals surface area contributed by atoms with Crippen LogP contribution in [0.5, 0.6) is 0 Å². The average Bonchev–Trinajstić information content (AvgIpc) is 3.30. The van der Waals surface area contributed by atoms with Gasteiger partial charge in [0.2, 0.25) is 0 Å². The van der Waals surface area contributed by atoms with Crippen molar-refractivity contribution in [2.45, 2.75) is 33.1 Å². The molecule has 2 fully saturated rings. The van der Waals surface area contributed by atoms with E-state index in [4.69, 9.17) is 0 Å². The standard InChI is InChI=1S/C18H24N4OS.2ClH/c1-13-11-15(14(2)22(13)17-20-7-10-24-17)16(23)21-8-4-18(5-9-21)3-6-19-12-18;;/h7,10-11,19H,3-6,8-9,12H2,1-2H3;2*1H. The van der Waals surface area contributed by atoms with Crippen molar-refractivity contribution in [3.63, 3.8) is 0 Å². The Morgan fingerprint density at radius 3 is 2.54 bits per heavy atom. The zero-order chi connectivity index (χ0) is 16.7. The largest absolute Gasteiger partial charge is 0.339 e. The van der Waals surface area contributed by atoms with Gasteiger partial charge in [-0.2, -0.15) is 0 Å². The molecule has 2 aliphatic rings. The molecule has 2 aliphatic heterocycles. The summed E-state index contributed by atoms with van der Waals surface area (Å²) in [6, 6.07) is 2.01. The minimum absolute atomic E-state index is 0. The summed E-state index contributed by atoms with van der Waals surface area (Å²) in [5.74, 6) is 0.173. The van der Waals surface area contributed by atoms with Crippen molar-refractivity contribution in [3.05, 3.63) is 34.6 Å². The van der Waals surface area contributed by atoms with E-state index in [2.05, 4.69) is 14.9 Å². The summed E-state index contributed by atoms with van der Waals surface area (Å²) >= 11 is 1.60. The van der Waals surface area contributed by atoms with Crippen LogP contribution < -0.4 is 5.32 Å². The van der Waals surface area contributed by atoms with Crippen LogP contribution in [0.1, 0.15) is 41.0 Å². The molecule has 4 heterocycles. The minimum atomic E-state index is 0. The average molecular weight is 417 g/mol. The highest BCUT2D eigenvalue weighted by atomic mass is 35.5. The highest BCUT2D eigenvalue weighted by Crippen LogP contribution is 2.37. The van der Waals surface area contributed by atoms with Gasteiger partial charge in [-0.15, -0.1) is 36.2 Å². The van der Waals surface area contributed by atoms with E-state index in [1.807, 2.05) is 30.2 Å². The Balaban J connectivity index is 0.00000121. The predicted octanol–water partition coefficient (Wildman–Crippen LogP) is 3.61. The van der Waals surface area contributed by atoms with Gasteiger partial charge in [-0.25, -0.2) is 4.98 Å². The van der Waals surface area contributed by atoms with Gasteiger partial charge in [0.25, 0.3) is 5.91 Å². The Morgan fingerprint density at radius 1 is 1.23 bits per heavy atom. The van der Waals surface area contributed by atoms with Gasteiger partial charge in [0.05, 0.1) is 5.56 Å². The molecule has 0 atom stereocenters. The molecule has 5 nitrogen and oxygen atoms in total. The van der Waals surface area contributed by atoms with E-state index in [1.165, 1.54) is 6.42 Å². The van der Waals surface area contributed by atoms with Crippen molar-refractivity contribution < 1.29 is 4.79 Å². The second-order valence-corrected chi connectivity index (χ2v) is 8.03. The second kappa shape index (κ2) is 8.30. The third kappa shape index (κ3) is 3.65. The molecule has 0 unspecified atom stereocenters. The molecule has 2 aromatic rings. The summed E-state index contributed by atoms with van der Waals surface area (Å²) in [6.45, 7) is 8.06. The van der Waals surface area contributed by atoms with Crippen molar-refractivity contribution in [1.29, 1.82) is 0 Å². The normalized spacial score (nSPS) is 18.5. The Hall–Kier alpha value is -1.08. The number of halogens is 2. The summed E-state index contributed by atoms with van der Waals surface area (Å²) in [5, 5.41) is 6.38. The zero-order valence-corrected chi connectivity index (χ0v) is 17.6. The quantitative estimate of drug-likeness (QED) is 0.812. The van der Waals surface area contributed by atoms with Crippen LogP contribution in [-0.4, -0.2) is 46.5 Å². The number of thiazole rings is 1. The molecule has 0 saturated carbocycles. The molecule has 0 radical (unpaired) electrons. The van der Waals surface area contributed by atoms with Crippen LogP contribution in [0.15, 0.2) is 17.6 Å². The fourth-order valence-corrected chi connectivity index (χ4v) is 4.93. The molecule has 144 valence electrons. The van der Waals surface area contributed by atoms with Gasteiger partial charge in [0.15, 0.2) is 5.13 Å². The molecule has 1 spiro atoms. The first-order valence-corrected chi connectivity index (χ1v) is 9.56. The van der Waals surface area contributed by atoms with Crippen LogP contribution in [0.2, 0.25) is 0 Å². The maximum Gasteiger partial charge on any atom is 0.255 e. The number of nitrogens with one attached hydrogen (secondary N) is 1. The first kappa shape index (κ1) is 21.2. The van der Waals surface area contributed by atoms with E-state index in [0.29, 0.717) is 5.41 Å². The van der Waals surface area contributed by atoms with Gasteiger partial charge in [-0.1, -0.05) is 0 Å². The van der Waals surface area contributed by atoms with Crippen LogP contribution in [-0.2, 0) is 0 Å². The molecular formula is C18H26Cl2N4OS. The molecule has 2 aromatic heterocycles. The van der Waals surface area contributed by atoms with Crippen LogP contribution in [0.3, 0.4) is 0 Å². The van der Waals surface area contributed by atoms with Crippen LogP contribution >= 0.6 is 36.2 Å². The number of rotatable bonds is 2. The fourth-order valence-electron chi connectivity index (χ4n) is 4.18. The molecule has 1 N–H and O–H groups in total. The molecule has 4 rings (SSSR count). The summed E-state index contributed by atoms with van der Waals surface area (Å²) in [6.07, 6.45) is 5.31. The van der Waals surface area contributed by atoms with Gasteiger partial charge in [0, 0.05) is 42.6 Å². The topological polar surface area (TPSA) is 50.2 Å². The smallest absolute Gasteiger partial charge is 0.255 e. The lowest BCUT2D eigenvalue weighted by molar-refractivity contribution is 0.0607. The minimum Gasteiger partial charge on any atom is -0.339 e. The molecule has 1 amide bonds. The lowest BCUT2D eigenvalue weighted by Gasteiger charge is -2.38. The third-order valence-corrected chi connectivity index (χ3v) is 6.47. The molecular weight excluding hydrogens is 391 g/mol. The maximum atomic E-state index is 13.0. The Labute approximate surface area is 171 Å². The number of likely N-dealkylation sites (tertiary alicyclic amines) is 1. The number of aryl methyl sites for hydroxylation is 1. The summed E-state index contributed by atoms with van der Waals surface area (Å²) in [5.41, 5.74) is 3.33. The van der Waals surface area contributed by atoms with Crippen molar-refractivity contribution in [2.75, 3.05) is 26.2 Å². The highest BCUT2D eigenvalue weighted by Gasteiger charge is 2.38. The number of hydrogen-bond acceptors (Lipinski definition) is 4. The van der Waals surface area contributed by atoms with Crippen LogP contribution in [0, 0.1) is 19.3 Å². The summed E-state index contributed by atoms with van der Waals surface area (Å²) < 4.78 is 2.09. The fraction of sp³-hybridized carbons (Fsp3) is 0.556. The number of aromatic nitrogens is 2. The summed E-state index contributed by atoms with van der Waals surface area (Å²) in [4.78, 5) is 19.5. The number of nitrogens with zero attached hydrogens (tertiary/aromatic N) is 3. The Bertz CT molecular complexity index is 744. The molecule has 26 heavy (non-hydrogen) atoms. The third-order valence-electron chi connectivity index (χ3n) is 5.72. The second-order valence-electron chi connectivity index (χ2n) is 7.15. The van der Waals surface area contributed by atoms with E-state index >= 15 is 0 Å². The van der Waals surface area contributed by atoms with E-state index in [-0.39, 0.29) is 30.7 Å². The van der Waals surface area contributed by atoms with Crippen molar-refractivity contribution in [3.8, 4) is 5.13 Å². The van der Waals surface area contributed by atoms with Gasteiger partial charge < -0.3 is 10.2 Å². The lowest BCUT2D eigenvalue weighted by Crippen LogP contribution is -2.44. The van der Waals surface area contributed by atoms with Crippen molar-refractivity contribution >= 4 is 42.1 Å². The van der Waals surface area contributed by atoms with Crippen molar-refractivity contribution in [2.24, 2.45) is 5.41 Å². The Morgan fingerprint density at radius 2 is 1.96 bits per heavy atom.